The number of benzene rings is 1. The smallest absolute Gasteiger partial charge is 0.253 e. The first-order valence-electron chi connectivity index (χ1n) is 9.29. The van der Waals surface area contributed by atoms with Gasteiger partial charge in [0.05, 0.1) is 12.2 Å². The van der Waals surface area contributed by atoms with Gasteiger partial charge < -0.3 is 20.5 Å². The summed E-state index contributed by atoms with van der Waals surface area (Å²) < 4.78 is 11.0. The maximum absolute atomic E-state index is 12.2. The number of amides is 1. The summed E-state index contributed by atoms with van der Waals surface area (Å²) >= 11 is 0. The molecule has 0 aliphatic rings. The predicted molar refractivity (Wildman–Crippen MR) is 106 cm³/mol. The molecule has 5 nitrogen and oxygen atoms in total. The van der Waals surface area contributed by atoms with Crippen molar-refractivity contribution in [1.82, 2.24) is 5.32 Å². The monoisotopic (exact) mass is 360 g/mol. The maximum Gasteiger partial charge on any atom is 0.253 e. The van der Waals surface area contributed by atoms with Gasteiger partial charge in [-0.25, -0.2) is 0 Å². The van der Waals surface area contributed by atoms with Gasteiger partial charge in [-0.05, 0) is 50.8 Å². The summed E-state index contributed by atoms with van der Waals surface area (Å²) in [4.78, 5) is 12.2. The molecule has 1 amide bonds. The zero-order chi connectivity index (χ0) is 19.2. The van der Waals surface area contributed by atoms with Crippen molar-refractivity contribution in [3.05, 3.63) is 53.3 Å². The molecular formula is C21H32N2O3. The minimum absolute atomic E-state index is 0.163. The lowest BCUT2D eigenvalue weighted by molar-refractivity contribution is -0.117. The fourth-order valence-corrected chi connectivity index (χ4v) is 2.24. The van der Waals surface area contributed by atoms with E-state index in [1.807, 2.05) is 44.2 Å². The van der Waals surface area contributed by atoms with Gasteiger partial charge in [0.2, 0.25) is 0 Å². The molecule has 0 atom stereocenters. The van der Waals surface area contributed by atoms with Crippen LogP contribution < -0.4 is 15.8 Å². The van der Waals surface area contributed by atoms with E-state index < -0.39 is 0 Å². The van der Waals surface area contributed by atoms with Crippen LogP contribution in [0.5, 0.6) is 5.75 Å². The Morgan fingerprint density at radius 1 is 1.15 bits per heavy atom. The topological polar surface area (TPSA) is 73.6 Å². The Kier molecular flexibility index (Phi) is 10.9. The van der Waals surface area contributed by atoms with Gasteiger partial charge in [0.25, 0.3) is 5.91 Å². The highest BCUT2D eigenvalue weighted by molar-refractivity contribution is 5.96. The van der Waals surface area contributed by atoms with Crippen molar-refractivity contribution in [2.75, 3.05) is 19.8 Å². The molecule has 1 rings (SSSR count). The Morgan fingerprint density at radius 3 is 2.46 bits per heavy atom. The molecule has 0 bridgehead atoms. The van der Waals surface area contributed by atoms with Crippen molar-refractivity contribution >= 4 is 5.91 Å². The molecule has 5 heteroatoms. The summed E-state index contributed by atoms with van der Waals surface area (Å²) in [5.41, 5.74) is 7.83. The number of hydrogen-bond donors (Lipinski definition) is 2. The molecule has 0 unspecified atom stereocenters. The second-order valence-corrected chi connectivity index (χ2v) is 5.99. The highest BCUT2D eigenvalue weighted by atomic mass is 16.5. The number of unbranched alkanes of at least 4 members (excludes halogenated alkanes) is 1. The highest BCUT2D eigenvalue weighted by Crippen LogP contribution is 2.13. The number of carbonyl (C=O) groups excluding carboxylic acids is 1. The maximum atomic E-state index is 12.2. The third kappa shape index (κ3) is 8.72. The molecular weight excluding hydrogens is 328 g/mol. The van der Waals surface area contributed by atoms with Crippen LogP contribution in [0.25, 0.3) is 0 Å². The molecule has 0 fully saturated rings. The number of nitrogens with one attached hydrogen (secondary N) is 1. The lowest BCUT2D eigenvalue weighted by Gasteiger charge is -2.09. The molecule has 144 valence electrons. The van der Waals surface area contributed by atoms with E-state index in [-0.39, 0.29) is 5.91 Å². The van der Waals surface area contributed by atoms with E-state index in [1.165, 1.54) is 0 Å². The second-order valence-electron chi connectivity index (χ2n) is 5.99. The normalized spacial score (nSPS) is 12.1. The fourth-order valence-electron chi connectivity index (χ4n) is 2.24. The van der Waals surface area contributed by atoms with Crippen molar-refractivity contribution in [3.63, 3.8) is 0 Å². The number of allylic oxidation sites excluding steroid dienone is 2. The average Bonchev–Trinajstić information content (AvgIpc) is 2.64. The first-order valence-corrected chi connectivity index (χ1v) is 9.29. The molecule has 0 spiro atoms. The zero-order valence-electron chi connectivity index (χ0n) is 16.2. The first kappa shape index (κ1) is 21.8. The lowest BCUT2D eigenvalue weighted by Crippen LogP contribution is -2.25. The second kappa shape index (κ2) is 13.0. The molecule has 1 aromatic carbocycles. The third-order valence-corrected chi connectivity index (χ3v) is 3.72. The zero-order valence-corrected chi connectivity index (χ0v) is 16.2. The van der Waals surface area contributed by atoms with Crippen molar-refractivity contribution in [1.29, 1.82) is 0 Å². The van der Waals surface area contributed by atoms with Crippen LogP contribution >= 0.6 is 0 Å². The average molecular weight is 360 g/mol. The molecule has 1 aromatic rings. The van der Waals surface area contributed by atoms with Crippen molar-refractivity contribution < 1.29 is 14.3 Å². The Balaban J connectivity index is 2.41. The summed E-state index contributed by atoms with van der Waals surface area (Å²) in [5.74, 6) is 0.671. The molecule has 3 N–H and O–H groups in total. The lowest BCUT2D eigenvalue weighted by atomic mass is 10.1. The third-order valence-electron chi connectivity index (χ3n) is 3.72. The molecule has 0 radical (unpaired) electrons. The molecule has 0 aromatic heterocycles. The summed E-state index contributed by atoms with van der Waals surface area (Å²) in [6.45, 7) is 8.41. The van der Waals surface area contributed by atoms with Gasteiger partial charge in [-0.3, -0.25) is 4.79 Å². The van der Waals surface area contributed by atoms with Crippen molar-refractivity contribution in [2.45, 2.75) is 46.6 Å². The molecule has 0 aliphatic heterocycles. The van der Waals surface area contributed by atoms with E-state index in [0.29, 0.717) is 24.4 Å². The van der Waals surface area contributed by atoms with Crippen molar-refractivity contribution in [3.8, 4) is 5.75 Å². The van der Waals surface area contributed by atoms with Crippen LogP contribution in [0.3, 0.4) is 0 Å². The SMILES string of the molecule is CC/C=C\C(C(=O)NCc1ccc(OCCCCOCC)cc1)=C(/C)N. The molecule has 0 aliphatic carbocycles. The van der Waals surface area contributed by atoms with Crippen LogP contribution in [0.1, 0.15) is 45.6 Å². The quantitative estimate of drug-likeness (QED) is 0.339. The number of carbonyl (C=O) groups is 1. The van der Waals surface area contributed by atoms with Gasteiger partial charge in [-0.2, -0.15) is 0 Å². The minimum Gasteiger partial charge on any atom is -0.494 e. The highest BCUT2D eigenvalue weighted by Gasteiger charge is 2.08. The fraction of sp³-hybridized carbons (Fsp3) is 0.476. The summed E-state index contributed by atoms with van der Waals surface area (Å²) in [5, 5.41) is 2.90. The largest absolute Gasteiger partial charge is 0.494 e. The van der Waals surface area contributed by atoms with Crippen molar-refractivity contribution in [2.24, 2.45) is 5.73 Å². The Bertz CT molecular complexity index is 588. The first-order chi connectivity index (χ1) is 12.6. The van der Waals surface area contributed by atoms with E-state index in [0.717, 1.165) is 43.8 Å². The van der Waals surface area contributed by atoms with E-state index in [1.54, 1.807) is 13.0 Å². The van der Waals surface area contributed by atoms with Crippen LogP contribution in [0, 0.1) is 0 Å². The van der Waals surface area contributed by atoms with Gasteiger partial charge in [-0.15, -0.1) is 0 Å². The Morgan fingerprint density at radius 2 is 1.85 bits per heavy atom. The van der Waals surface area contributed by atoms with Crippen LogP contribution in [0.2, 0.25) is 0 Å². The van der Waals surface area contributed by atoms with Gasteiger partial charge in [0.1, 0.15) is 5.75 Å². The van der Waals surface area contributed by atoms with E-state index >= 15 is 0 Å². The number of nitrogens with two attached hydrogens (primary N) is 1. The van der Waals surface area contributed by atoms with E-state index in [9.17, 15) is 4.79 Å². The number of ether oxygens (including phenoxy) is 2. The van der Waals surface area contributed by atoms with Gasteiger partial charge in [0.15, 0.2) is 0 Å². The van der Waals surface area contributed by atoms with Crippen LogP contribution in [0.4, 0.5) is 0 Å². The predicted octanol–water partition coefficient (Wildman–Crippen LogP) is 3.70. The number of rotatable bonds is 12. The Labute approximate surface area is 157 Å². The van der Waals surface area contributed by atoms with Gasteiger partial charge in [-0.1, -0.05) is 31.2 Å². The van der Waals surface area contributed by atoms with Crippen LogP contribution in [0.15, 0.2) is 47.7 Å². The molecule has 0 heterocycles. The summed E-state index contributed by atoms with van der Waals surface area (Å²) in [7, 11) is 0. The molecule has 0 saturated heterocycles. The standard InChI is InChI=1S/C21H32N2O3/c1-4-6-9-20(17(3)22)21(24)23-16-18-10-12-19(13-11-18)26-15-8-7-14-25-5-2/h6,9-13H,4-5,7-8,14-16,22H2,1-3H3,(H,23,24)/b9-6-,20-17-. The Hall–Kier alpha value is -2.27. The van der Waals surface area contributed by atoms with Gasteiger partial charge in [0, 0.05) is 25.5 Å². The van der Waals surface area contributed by atoms with E-state index in [4.69, 9.17) is 15.2 Å². The van der Waals surface area contributed by atoms with E-state index in [2.05, 4.69) is 5.32 Å². The summed E-state index contributed by atoms with van der Waals surface area (Å²) in [6, 6.07) is 7.75. The number of hydrogen-bond acceptors (Lipinski definition) is 4. The molecule has 26 heavy (non-hydrogen) atoms. The van der Waals surface area contributed by atoms with Crippen LogP contribution in [-0.4, -0.2) is 25.7 Å². The van der Waals surface area contributed by atoms with Crippen LogP contribution in [-0.2, 0) is 16.1 Å². The molecule has 0 saturated carbocycles. The minimum atomic E-state index is -0.163. The van der Waals surface area contributed by atoms with Gasteiger partial charge >= 0.3 is 0 Å². The summed E-state index contributed by atoms with van der Waals surface area (Å²) in [6.07, 6.45) is 6.52.